The highest BCUT2D eigenvalue weighted by Gasteiger charge is 2.06. The summed E-state index contributed by atoms with van der Waals surface area (Å²) in [4.78, 5) is 11.6. The fraction of sp³-hybridized carbons (Fsp3) is 0.833. The molecule has 0 heterocycles. The zero-order valence-electron chi connectivity index (χ0n) is 16.2. The number of carbonyl (C=O) groups is 1. The van der Waals surface area contributed by atoms with E-state index in [1.165, 1.54) is 6.42 Å². The van der Waals surface area contributed by atoms with E-state index in [0.717, 1.165) is 31.8 Å². The summed E-state index contributed by atoms with van der Waals surface area (Å²) in [7, 11) is 3.77. The fourth-order valence-electron chi connectivity index (χ4n) is 1.70. The van der Waals surface area contributed by atoms with Crippen LogP contribution in [0.4, 0.5) is 0 Å². The van der Waals surface area contributed by atoms with Crippen LogP contribution < -0.4 is 16.0 Å². The van der Waals surface area contributed by atoms with E-state index in [2.05, 4.69) is 41.6 Å². The highest BCUT2D eigenvalue weighted by molar-refractivity contribution is 8.76. The number of hydrogen-bond acceptors (Lipinski definition) is 6. The van der Waals surface area contributed by atoms with E-state index in [9.17, 15) is 4.79 Å². The zero-order chi connectivity index (χ0) is 18.8. The molecule has 0 aromatic rings. The van der Waals surface area contributed by atoms with Crippen molar-refractivity contribution in [2.45, 2.75) is 45.9 Å². The summed E-state index contributed by atoms with van der Waals surface area (Å²) in [6.45, 7) is 12.3. The highest BCUT2D eigenvalue weighted by Crippen LogP contribution is 2.26. The van der Waals surface area contributed by atoms with Crippen molar-refractivity contribution in [1.29, 1.82) is 0 Å². The van der Waals surface area contributed by atoms with Crippen molar-refractivity contribution in [3.05, 3.63) is 0 Å². The molecule has 152 valence electrons. The number of rotatable bonds is 15. The zero-order valence-corrected chi connectivity index (χ0v) is 17.8. The molecule has 0 aliphatic rings. The van der Waals surface area contributed by atoms with Crippen molar-refractivity contribution in [2.75, 3.05) is 45.1 Å². The summed E-state index contributed by atoms with van der Waals surface area (Å²) in [5, 5.41) is 10.00. The SMILES string of the molecule is CCCNCCSSC(CC)NCCOCC(=O)NCC#CC(C)C.[HH].[HH].[HH]. The van der Waals surface area contributed by atoms with Crippen LogP contribution in [0.1, 0.15) is 44.8 Å². The van der Waals surface area contributed by atoms with Gasteiger partial charge in [0.1, 0.15) is 6.61 Å². The van der Waals surface area contributed by atoms with Crippen LogP contribution in [0.3, 0.4) is 0 Å². The Morgan fingerprint density at radius 3 is 2.72 bits per heavy atom. The Morgan fingerprint density at radius 1 is 1.24 bits per heavy atom. The average molecular weight is 396 g/mol. The van der Waals surface area contributed by atoms with Crippen LogP contribution in [0.25, 0.3) is 0 Å². The fourth-order valence-corrected chi connectivity index (χ4v) is 4.15. The molecule has 0 saturated heterocycles. The van der Waals surface area contributed by atoms with Gasteiger partial charge in [-0.15, -0.1) is 0 Å². The minimum absolute atomic E-state index is 0. The Labute approximate surface area is 166 Å². The van der Waals surface area contributed by atoms with Gasteiger partial charge in [0.05, 0.1) is 18.5 Å². The second kappa shape index (κ2) is 18.4. The average Bonchev–Trinajstić information content (AvgIpc) is 2.59. The van der Waals surface area contributed by atoms with Gasteiger partial charge in [0.15, 0.2) is 0 Å². The van der Waals surface area contributed by atoms with E-state index in [0.29, 0.717) is 24.4 Å². The van der Waals surface area contributed by atoms with E-state index in [1.54, 1.807) is 0 Å². The summed E-state index contributed by atoms with van der Waals surface area (Å²) in [6.07, 6.45) is 2.25. The summed E-state index contributed by atoms with van der Waals surface area (Å²) >= 11 is 0. The lowest BCUT2D eigenvalue weighted by atomic mass is 10.2. The topological polar surface area (TPSA) is 62.4 Å². The van der Waals surface area contributed by atoms with Gasteiger partial charge < -0.3 is 20.7 Å². The maximum Gasteiger partial charge on any atom is 0.246 e. The van der Waals surface area contributed by atoms with Crippen LogP contribution in [-0.2, 0) is 9.53 Å². The molecule has 0 aliphatic carbocycles. The van der Waals surface area contributed by atoms with Crippen molar-refractivity contribution in [3.63, 3.8) is 0 Å². The number of carbonyl (C=O) groups excluding carboxylic acids is 1. The van der Waals surface area contributed by atoms with Gasteiger partial charge in [0.2, 0.25) is 5.91 Å². The summed E-state index contributed by atoms with van der Waals surface area (Å²) < 4.78 is 5.39. The molecule has 5 nitrogen and oxygen atoms in total. The van der Waals surface area contributed by atoms with Crippen molar-refractivity contribution in [1.82, 2.24) is 16.0 Å². The first-order valence-electron chi connectivity index (χ1n) is 9.15. The van der Waals surface area contributed by atoms with Crippen molar-refractivity contribution >= 4 is 27.5 Å². The minimum atomic E-state index is -0.116. The molecular weight excluding hydrogens is 354 g/mol. The van der Waals surface area contributed by atoms with Gasteiger partial charge in [-0.25, -0.2) is 0 Å². The van der Waals surface area contributed by atoms with Crippen LogP contribution >= 0.6 is 21.6 Å². The van der Waals surface area contributed by atoms with Crippen molar-refractivity contribution < 1.29 is 13.8 Å². The molecule has 1 amide bonds. The maximum atomic E-state index is 11.6. The highest BCUT2D eigenvalue weighted by atomic mass is 33.1. The van der Waals surface area contributed by atoms with Gasteiger partial charge in [-0.3, -0.25) is 4.79 Å². The predicted octanol–water partition coefficient (Wildman–Crippen LogP) is 3.22. The molecule has 3 N–H and O–H groups in total. The molecule has 0 aromatic carbocycles. The second-order valence-corrected chi connectivity index (χ2v) is 8.51. The number of hydrogen-bond donors (Lipinski definition) is 3. The van der Waals surface area contributed by atoms with E-state index < -0.39 is 0 Å². The van der Waals surface area contributed by atoms with E-state index in [1.807, 2.05) is 35.4 Å². The molecule has 0 radical (unpaired) electrons. The molecule has 25 heavy (non-hydrogen) atoms. The Kier molecular flexibility index (Phi) is 18.1. The Hall–Kier alpha value is -0.390. The molecular formula is C18H41N3O2S2. The van der Waals surface area contributed by atoms with Gasteiger partial charge in [-0.1, -0.05) is 61.1 Å². The molecule has 0 fully saturated rings. The third-order valence-electron chi connectivity index (χ3n) is 2.96. The van der Waals surface area contributed by atoms with Gasteiger partial charge in [0, 0.05) is 29.0 Å². The molecule has 0 aliphatic heterocycles. The van der Waals surface area contributed by atoms with Crippen LogP contribution in [0.5, 0.6) is 0 Å². The van der Waals surface area contributed by atoms with Gasteiger partial charge in [-0.05, 0) is 19.4 Å². The summed E-state index contributed by atoms with van der Waals surface area (Å²) in [5.74, 6) is 7.24. The molecule has 0 spiro atoms. The molecule has 0 rings (SSSR count). The van der Waals surface area contributed by atoms with Gasteiger partial charge in [0.25, 0.3) is 0 Å². The van der Waals surface area contributed by atoms with Crippen LogP contribution in [0, 0.1) is 17.8 Å². The maximum absolute atomic E-state index is 11.6. The third kappa shape index (κ3) is 18.2. The van der Waals surface area contributed by atoms with Crippen LogP contribution in [-0.4, -0.2) is 56.4 Å². The number of ether oxygens (including phenoxy) is 1. The standard InChI is InChI=1S/C18H35N3O2S2.3H2/c1-5-9-19-12-14-24-25-18(6-2)21-11-13-23-15-17(22)20-10-7-8-16(3)4;;;/h16,18-19,21H,5-6,9-15H2,1-4H3,(H,20,22);3*1H. The molecule has 1 atom stereocenters. The molecule has 0 saturated carbocycles. The molecule has 0 aromatic heterocycles. The molecule has 1 unspecified atom stereocenters. The summed E-state index contributed by atoms with van der Waals surface area (Å²) in [5.41, 5.74) is 0. The van der Waals surface area contributed by atoms with Gasteiger partial charge >= 0.3 is 0 Å². The first-order valence-corrected chi connectivity index (χ1v) is 11.5. The first kappa shape index (κ1) is 24.6. The minimum Gasteiger partial charge on any atom is -0.370 e. The van der Waals surface area contributed by atoms with E-state index >= 15 is 0 Å². The Bertz CT molecular complexity index is 398. The van der Waals surface area contributed by atoms with Crippen molar-refractivity contribution in [2.24, 2.45) is 5.92 Å². The quantitative estimate of drug-likeness (QED) is 0.171. The predicted molar refractivity (Wildman–Crippen MR) is 118 cm³/mol. The van der Waals surface area contributed by atoms with E-state index in [4.69, 9.17) is 4.74 Å². The second-order valence-electron chi connectivity index (χ2n) is 5.82. The molecule has 7 heteroatoms. The Balaban J connectivity index is -0.000000960. The van der Waals surface area contributed by atoms with Gasteiger partial charge in [-0.2, -0.15) is 0 Å². The number of nitrogens with one attached hydrogen (secondary N) is 3. The number of amides is 1. The lowest BCUT2D eigenvalue weighted by molar-refractivity contribution is -0.125. The smallest absolute Gasteiger partial charge is 0.246 e. The Morgan fingerprint density at radius 2 is 2.04 bits per heavy atom. The van der Waals surface area contributed by atoms with Crippen molar-refractivity contribution in [3.8, 4) is 11.8 Å². The van der Waals surface area contributed by atoms with E-state index in [-0.39, 0.29) is 16.8 Å². The molecule has 0 bridgehead atoms. The summed E-state index contributed by atoms with van der Waals surface area (Å²) in [6, 6.07) is 0. The monoisotopic (exact) mass is 395 g/mol. The normalized spacial score (nSPS) is 11.9. The van der Waals surface area contributed by atoms with Crippen LogP contribution in [0.15, 0.2) is 0 Å². The third-order valence-corrected chi connectivity index (χ3v) is 5.80. The lowest BCUT2D eigenvalue weighted by Gasteiger charge is -2.15. The first-order chi connectivity index (χ1) is 12.1. The van der Waals surface area contributed by atoms with Crippen LogP contribution in [0.2, 0.25) is 0 Å². The largest absolute Gasteiger partial charge is 0.370 e. The lowest BCUT2D eigenvalue weighted by Crippen LogP contribution is -2.31.